The maximum absolute atomic E-state index is 5.91. The molecule has 2 aromatic carbocycles. The van der Waals surface area contributed by atoms with E-state index in [1.54, 1.807) is 13.3 Å². The molecule has 0 aliphatic carbocycles. The van der Waals surface area contributed by atoms with Gasteiger partial charge in [0.2, 0.25) is 0 Å². The molecule has 0 amide bonds. The van der Waals surface area contributed by atoms with E-state index in [9.17, 15) is 0 Å². The number of nitrogens with one attached hydrogen (secondary N) is 2. The highest BCUT2D eigenvalue weighted by Crippen LogP contribution is 2.28. The van der Waals surface area contributed by atoms with Crippen molar-refractivity contribution in [2.45, 2.75) is 20.5 Å². The van der Waals surface area contributed by atoms with Crippen LogP contribution in [0.2, 0.25) is 0 Å². The van der Waals surface area contributed by atoms with Crippen molar-refractivity contribution in [3.05, 3.63) is 59.2 Å². The van der Waals surface area contributed by atoms with Crippen LogP contribution in [0.4, 0.5) is 0 Å². The Kier molecular flexibility index (Phi) is 7.22. The number of ether oxygens (including phenoxy) is 2. The fourth-order valence-electron chi connectivity index (χ4n) is 2.06. The molecule has 0 aliphatic heterocycles. The molecule has 0 aromatic heterocycles. The Morgan fingerprint density at radius 1 is 1.12 bits per heavy atom. The zero-order valence-electron chi connectivity index (χ0n) is 14.7. The Bertz CT molecular complexity index is 730. The number of hydrogen-bond acceptors (Lipinski definition) is 4. The molecule has 132 valence electrons. The molecule has 0 saturated carbocycles. The predicted octanol–water partition coefficient (Wildman–Crippen LogP) is 3.40. The van der Waals surface area contributed by atoms with Gasteiger partial charge in [0.25, 0.3) is 0 Å². The van der Waals surface area contributed by atoms with Crippen LogP contribution < -0.4 is 20.2 Å². The molecule has 6 heteroatoms. The second kappa shape index (κ2) is 9.64. The average molecular weight is 357 g/mol. The lowest BCUT2D eigenvalue weighted by Crippen LogP contribution is -2.28. The molecule has 5 nitrogen and oxygen atoms in total. The largest absolute Gasteiger partial charge is 0.490 e. The van der Waals surface area contributed by atoms with Crippen LogP contribution in [0.5, 0.6) is 11.5 Å². The summed E-state index contributed by atoms with van der Waals surface area (Å²) in [6.07, 6.45) is 1.68. The minimum absolute atomic E-state index is 0.458. The van der Waals surface area contributed by atoms with Crippen LogP contribution >= 0.6 is 12.2 Å². The standard InChI is InChI=1S/C19H23N3O2S/c1-4-23-18-11-16(12-21-22-19(25)20-3)9-10-17(18)24-13-15-7-5-14(2)6-8-15/h5-12H,4,13H2,1-3H3,(H2,20,22,25)/b21-12+. The summed E-state index contributed by atoms with van der Waals surface area (Å²) in [6.45, 7) is 5.06. The molecule has 0 spiro atoms. The van der Waals surface area contributed by atoms with Crippen molar-refractivity contribution in [2.75, 3.05) is 13.7 Å². The van der Waals surface area contributed by atoms with Gasteiger partial charge in [-0.3, -0.25) is 5.43 Å². The van der Waals surface area contributed by atoms with Gasteiger partial charge in [-0.15, -0.1) is 0 Å². The first-order valence-corrected chi connectivity index (χ1v) is 8.49. The van der Waals surface area contributed by atoms with Gasteiger partial charge in [0.1, 0.15) is 6.61 Å². The van der Waals surface area contributed by atoms with Crippen molar-refractivity contribution >= 4 is 23.5 Å². The van der Waals surface area contributed by atoms with Crippen LogP contribution in [0, 0.1) is 6.92 Å². The van der Waals surface area contributed by atoms with Gasteiger partial charge in [0.05, 0.1) is 12.8 Å². The number of benzene rings is 2. The van der Waals surface area contributed by atoms with Crippen molar-refractivity contribution in [3.63, 3.8) is 0 Å². The number of rotatable bonds is 7. The van der Waals surface area contributed by atoms with E-state index in [2.05, 4.69) is 47.0 Å². The van der Waals surface area contributed by atoms with Gasteiger partial charge in [-0.2, -0.15) is 5.10 Å². The third-order valence-corrected chi connectivity index (χ3v) is 3.68. The first-order valence-electron chi connectivity index (χ1n) is 8.08. The van der Waals surface area contributed by atoms with Gasteiger partial charge in [-0.25, -0.2) is 0 Å². The fraction of sp³-hybridized carbons (Fsp3) is 0.263. The SMILES string of the molecule is CCOc1cc(/C=N/NC(=S)NC)ccc1OCc1ccc(C)cc1. The van der Waals surface area contributed by atoms with E-state index >= 15 is 0 Å². The molecule has 0 bridgehead atoms. The lowest BCUT2D eigenvalue weighted by Gasteiger charge is -2.13. The second-order valence-corrected chi connectivity index (χ2v) is 5.77. The summed E-state index contributed by atoms with van der Waals surface area (Å²) in [7, 11) is 1.73. The lowest BCUT2D eigenvalue weighted by atomic mass is 10.2. The van der Waals surface area contributed by atoms with Crippen LogP contribution in [-0.2, 0) is 6.61 Å². The van der Waals surface area contributed by atoms with E-state index in [4.69, 9.17) is 21.7 Å². The summed E-state index contributed by atoms with van der Waals surface area (Å²) in [6, 6.07) is 14.0. The molecule has 0 heterocycles. The fourth-order valence-corrected chi connectivity index (χ4v) is 2.11. The summed E-state index contributed by atoms with van der Waals surface area (Å²) in [4.78, 5) is 0. The third kappa shape index (κ3) is 6.08. The van der Waals surface area contributed by atoms with Gasteiger partial charge in [0, 0.05) is 7.05 Å². The van der Waals surface area contributed by atoms with Crippen molar-refractivity contribution in [2.24, 2.45) is 5.10 Å². The maximum Gasteiger partial charge on any atom is 0.186 e. The molecule has 0 aliphatic rings. The molecule has 0 unspecified atom stereocenters. The molecule has 2 rings (SSSR count). The predicted molar refractivity (Wildman–Crippen MR) is 106 cm³/mol. The highest BCUT2D eigenvalue weighted by Gasteiger charge is 2.06. The number of aryl methyl sites for hydroxylation is 1. The summed E-state index contributed by atoms with van der Waals surface area (Å²) < 4.78 is 11.6. The van der Waals surface area contributed by atoms with Gasteiger partial charge in [-0.1, -0.05) is 29.8 Å². The Morgan fingerprint density at radius 3 is 2.56 bits per heavy atom. The minimum Gasteiger partial charge on any atom is -0.490 e. The smallest absolute Gasteiger partial charge is 0.186 e. The Morgan fingerprint density at radius 2 is 1.88 bits per heavy atom. The molecule has 2 aromatic rings. The van der Waals surface area contributed by atoms with Gasteiger partial charge < -0.3 is 14.8 Å². The summed E-state index contributed by atoms with van der Waals surface area (Å²) in [5, 5.41) is 7.32. The van der Waals surface area contributed by atoms with E-state index in [1.165, 1.54) is 5.56 Å². The van der Waals surface area contributed by atoms with Gasteiger partial charge >= 0.3 is 0 Å². The maximum atomic E-state index is 5.91. The quantitative estimate of drug-likeness (QED) is 0.452. The van der Waals surface area contributed by atoms with Crippen molar-refractivity contribution in [1.29, 1.82) is 0 Å². The molecule has 0 radical (unpaired) electrons. The van der Waals surface area contributed by atoms with Crippen LogP contribution in [0.3, 0.4) is 0 Å². The van der Waals surface area contributed by atoms with E-state index < -0.39 is 0 Å². The van der Waals surface area contributed by atoms with E-state index in [0.29, 0.717) is 29.8 Å². The zero-order valence-corrected chi connectivity index (χ0v) is 15.5. The highest BCUT2D eigenvalue weighted by atomic mass is 32.1. The average Bonchev–Trinajstić information content (AvgIpc) is 2.62. The van der Waals surface area contributed by atoms with Gasteiger partial charge in [0.15, 0.2) is 16.6 Å². The van der Waals surface area contributed by atoms with E-state index in [0.717, 1.165) is 11.1 Å². The lowest BCUT2D eigenvalue weighted by molar-refractivity contribution is 0.269. The molecule has 0 fully saturated rings. The molecule has 0 saturated heterocycles. The van der Waals surface area contributed by atoms with Crippen molar-refractivity contribution < 1.29 is 9.47 Å². The van der Waals surface area contributed by atoms with Crippen LogP contribution in [0.1, 0.15) is 23.6 Å². The normalized spacial score (nSPS) is 10.5. The number of thiocarbonyl (C=S) groups is 1. The Hall–Kier alpha value is -2.60. The second-order valence-electron chi connectivity index (χ2n) is 5.36. The molecule has 0 atom stereocenters. The van der Waals surface area contributed by atoms with Crippen LogP contribution in [0.15, 0.2) is 47.6 Å². The zero-order chi connectivity index (χ0) is 18.1. The van der Waals surface area contributed by atoms with E-state index in [1.807, 2.05) is 25.1 Å². The molecule has 25 heavy (non-hydrogen) atoms. The summed E-state index contributed by atoms with van der Waals surface area (Å²) in [5.74, 6) is 1.40. The number of hydrogen-bond donors (Lipinski definition) is 2. The Balaban J connectivity index is 2.06. The first-order chi connectivity index (χ1) is 12.1. The monoisotopic (exact) mass is 357 g/mol. The van der Waals surface area contributed by atoms with Crippen molar-refractivity contribution in [1.82, 2.24) is 10.7 Å². The molecule has 2 N–H and O–H groups in total. The Labute approximate surface area is 154 Å². The summed E-state index contributed by atoms with van der Waals surface area (Å²) in [5.41, 5.74) is 5.95. The molecular formula is C19H23N3O2S. The first kappa shape index (κ1) is 18.7. The van der Waals surface area contributed by atoms with Crippen molar-refractivity contribution in [3.8, 4) is 11.5 Å². The number of hydrazone groups is 1. The topological polar surface area (TPSA) is 54.9 Å². The minimum atomic E-state index is 0.458. The van der Waals surface area contributed by atoms with E-state index in [-0.39, 0.29) is 0 Å². The van der Waals surface area contributed by atoms with Gasteiger partial charge in [-0.05, 0) is 55.4 Å². The molecular weight excluding hydrogens is 334 g/mol. The van der Waals surface area contributed by atoms with Crippen LogP contribution in [0.25, 0.3) is 0 Å². The highest BCUT2D eigenvalue weighted by molar-refractivity contribution is 7.80. The van der Waals surface area contributed by atoms with Crippen LogP contribution in [-0.4, -0.2) is 25.0 Å². The third-order valence-electron chi connectivity index (χ3n) is 3.39. The number of nitrogens with zero attached hydrogens (tertiary/aromatic N) is 1. The summed E-state index contributed by atoms with van der Waals surface area (Å²) >= 11 is 4.97.